The lowest BCUT2D eigenvalue weighted by atomic mass is 10.1. The Bertz CT molecular complexity index is 1290. The third-order valence-electron chi connectivity index (χ3n) is 5.97. The lowest BCUT2D eigenvalue weighted by molar-refractivity contribution is 0.0130. The Morgan fingerprint density at radius 2 is 1.89 bits per heavy atom. The van der Waals surface area contributed by atoms with E-state index < -0.39 is 18.1 Å². The number of halogens is 2. The van der Waals surface area contributed by atoms with Crippen molar-refractivity contribution in [3.63, 3.8) is 0 Å². The molecule has 4 rings (SSSR count). The maximum absolute atomic E-state index is 14.2. The molecule has 8 nitrogen and oxygen atoms in total. The first-order chi connectivity index (χ1) is 16.5. The zero-order valence-corrected chi connectivity index (χ0v) is 20.4. The Labute approximate surface area is 202 Å². The topological polar surface area (TPSA) is 87.3 Å². The van der Waals surface area contributed by atoms with Crippen molar-refractivity contribution in [3.05, 3.63) is 47.9 Å². The van der Waals surface area contributed by atoms with Gasteiger partial charge in [-0.15, -0.1) is 0 Å². The van der Waals surface area contributed by atoms with E-state index in [0.717, 1.165) is 0 Å². The van der Waals surface area contributed by atoms with Crippen LogP contribution in [0.1, 0.15) is 52.2 Å². The molecular formula is C25H28F2N6O2. The number of carbonyl (C=O) groups excluding carboxylic acids is 1. The predicted octanol–water partition coefficient (Wildman–Crippen LogP) is 5.06. The predicted molar refractivity (Wildman–Crippen MR) is 128 cm³/mol. The minimum absolute atomic E-state index is 0.165. The molecule has 4 heterocycles. The van der Waals surface area contributed by atoms with Crippen LogP contribution in [0.3, 0.4) is 0 Å². The summed E-state index contributed by atoms with van der Waals surface area (Å²) in [5.41, 5.74) is 0.116. The van der Waals surface area contributed by atoms with E-state index in [1.165, 1.54) is 12.4 Å². The van der Waals surface area contributed by atoms with Crippen LogP contribution in [0.15, 0.2) is 36.8 Å². The maximum Gasteiger partial charge on any atom is 0.410 e. The van der Waals surface area contributed by atoms with Crippen LogP contribution in [-0.2, 0) is 4.74 Å². The summed E-state index contributed by atoms with van der Waals surface area (Å²) >= 11 is 0. The molecule has 0 radical (unpaired) electrons. The molecule has 0 aromatic carbocycles. The molecule has 0 unspecified atom stereocenters. The van der Waals surface area contributed by atoms with Crippen LogP contribution in [0, 0.1) is 11.3 Å². The number of piperazine rings is 1. The number of fused-ring (bicyclic) bond motifs is 1. The molecule has 1 aliphatic heterocycles. The van der Waals surface area contributed by atoms with Crippen LogP contribution in [0.5, 0.6) is 0 Å². The van der Waals surface area contributed by atoms with Crippen molar-refractivity contribution in [2.45, 2.75) is 58.7 Å². The summed E-state index contributed by atoms with van der Waals surface area (Å²) in [6.07, 6.45) is 1.27. The van der Waals surface area contributed by atoms with Crippen LogP contribution in [0.4, 0.5) is 19.4 Å². The van der Waals surface area contributed by atoms with Crippen molar-refractivity contribution in [2.75, 3.05) is 18.0 Å². The fourth-order valence-electron chi connectivity index (χ4n) is 4.38. The minimum Gasteiger partial charge on any atom is -0.444 e. The van der Waals surface area contributed by atoms with E-state index in [4.69, 9.17) is 4.74 Å². The molecule has 184 valence electrons. The second-order valence-electron chi connectivity index (χ2n) is 9.78. The quantitative estimate of drug-likeness (QED) is 0.518. The zero-order valence-electron chi connectivity index (χ0n) is 20.4. The smallest absolute Gasteiger partial charge is 0.410 e. The van der Waals surface area contributed by atoms with Crippen molar-refractivity contribution < 1.29 is 18.3 Å². The molecule has 1 aliphatic rings. The highest BCUT2D eigenvalue weighted by Gasteiger charge is 2.36. The maximum atomic E-state index is 14.2. The Morgan fingerprint density at radius 3 is 2.54 bits per heavy atom. The van der Waals surface area contributed by atoms with Crippen LogP contribution < -0.4 is 4.90 Å². The first-order valence-electron chi connectivity index (χ1n) is 11.4. The summed E-state index contributed by atoms with van der Waals surface area (Å²) in [5, 5.41) is 9.58. The summed E-state index contributed by atoms with van der Waals surface area (Å²) in [4.78, 5) is 25.1. The van der Waals surface area contributed by atoms with Crippen molar-refractivity contribution >= 4 is 22.8 Å². The SMILES string of the molecule is C[C@@H]1CN(c2nccc3c2c(C(F)F)cn3-c2cc(C#N)ccn2)[C@@H](C)CN1C(=O)OC(C)(C)C. The number of hydrogen-bond donors (Lipinski definition) is 0. The summed E-state index contributed by atoms with van der Waals surface area (Å²) in [7, 11) is 0. The van der Waals surface area contributed by atoms with Gasteiger partial charge in [-0.05, 0) is 52.8 Å². The van der Waals surface area contributed by atoms with Gasteiger partial charge in [0.15, 0.2) is 0 Å². The number of carbonyl (C=O) groups is 1. The lowest BCUT2D eigenvalue weighted by Crippen LogP contribution is -2.59. The van der Waals surface area contributed by atoms with Gasteiger partial charge in [0.05, 0.1) is 22.5 Å². The van der Waals surface area contributed by atoms with Gasteiger partial charge in [-0.25, -0.2) is 23.5 Å². The molecule has 3 aromatic rings. The Hall–Kier alpha value is -3.74. The lowest BCUT2D eigenvalue weighted by Gasteiger charge is -2.44. The summed E-state index contributed by atoms with van der Waals surface area (Å²) in [6.45, 7) is 10.1. The van der Waals surface area contributed by atoms with Gasteiger partial charge >= 0.3 is 6.09 Å². The highest BCUT2D eigenvalue weighted by molar-refractivity contribution is 5.95. The van der Waals surface area contributed by atoms with Gasteiger partial charge in [0.1, 0.15) is 17.2 Å². The second kappa shape index (κ2) is 9.13. The third-order valence-corrected chi connectivity index (χ3v) is 5.97. The zero-order chi connectivity index (χ0) is 25.5. The average molecular weight is 483 g/mol. The Kier molecular flexibility index (Phi) is 6.36. The van der Waals surface area contributed by atoms with Crippen LogP contribution in [0.25, 0.3) is 16.7 Å². The minimum atomic E-state index is -2.74. The number of pyridine rings is 2. The number of alkyl halides is 2. The fraction of sp³-hybridized carbons (Fsp3) is 0.440. The number of anilines is 1. The first kappa shape index (κ1) is 24.4. The normalized spacial score (nSPS) is 18.7. The van der Waals surface area contributed by atoms with E-state index in [2.05, 4.69) is 16.0 Å². The van der Waals surface area contributed by atoms with Gasteiger partial charge in [-0.2, -0.15) is 5.26 Å². The van der Waals surface area contributed by atoms with Crippen LogP contribution >= 0.6 is 0 Å². The first-order valence-corrected chi connectivity index (χ1v) is 11.4. The van der Waals surface area contributed by atoms with E-state index >= 15 is 0 Å². The van der Waals surface area contributed by atoms with Crippen molar-refractivity contribution in [1.82, 2.24) is 19.4 Å². The molecule has 0 aliphatic carbocycles. The van der Waals surface area contributed by atoms with Crippen molar-refractivity contribution in [3.8, 4) is 11.9 Å². The van der Waals surface area contributed by atoms with Gasteiger partial charge in [-0.1, -0.05) is 0 Å². The van der Waals surface area contributed by atoms with E-state index in [1.54, 1.807) is 33.9 Å². The number of hydrogen-bond acceptors (Lipinski definition) is 6. The molecule has 1 fully saturated rings. The number of amides is 1. The standard InChI is InChI=1S/C25H28F2N6O2/c1-15-13-32(24(34)35-25(3,4)5)16(2)12-31(15)23-21-18(22(26)27)14-33(19(21)7-9-30-23)20-10-17(11-28)6-8-29-20/h6-10,14-16,22H,12-13H2,1-5H3/t15-,16+/m0/s1. The molecule has 0 N–H and O–H groups in total. The molecule has 2 atom stereocenters. The average Bonchev–Trinajstić information content (AvgIpc) is 3.19. The van der Waals surface area contributed by atoms with Gasteiger partial charge < -0.3 is 19.1 Å². The van der Waals surface area contributed by atoms with Crippen LogP contribution in [-0.4, -0.2) is 56.3 Å². The molecule has 35 heavy (non-hydrogen) atoms. The van der Waals surface area contributed by atoms with Gasteiger partial charge in [0.25, 0.3) is 6.43 Å². The van der Waals surface area contributed by atoms with E-state index in [-0.39, 0.29) is 17.6 Å². The number of nitriles is 1. The molecule has 1 amide bonds. The summed E-state index contributed by atoms with van der Waals surface area (Å²) in [5.74, 6) is 0.797. The molecule has 3 aromatic heterocycles. The van der Waals surface area contributed by atoms with E-state index in [1.807, 2.05) is 39.5 Å². The number of ether oxygens (including phenoxy) is 1. The van der Waals surface area contributed by atoms with Crippen molar-refractivity contribution in [2.24, 2.45) is 0 Å². The molecule has 0 saturated carbocycles. The Morgan fingerprint density at radius 1 is 1.17 bits per heavy atom. The van der Waals surface area contributed by atoms with Crippen molar-refractivity contribution in [1.29, 1.82) is 5.26 Å². The number of rotatable bonds is 3. The fourth-order valence-corrected chi connectivity index (χ4v) is 4.38. The molecule has 0 spiro atoms. The third kappa shape index (κ3) is 4.76. The second-order valence-corrected chi connectivity index (χ2v) is 9.78. The molecule has 0 bridgehead atoms. The Balaban J connectivity index is 1.76. The number of aromatic nitrogens is 3. The summed E-state index contributed by atoms with van der Waals surface area (Å²) in [6, 6.07) is 6.42. The van der Waals surface area contributed by atoms with E-state index in [0.29, 0.717) is 41.2 Å². The highest BCUT2D eigenvalue weighted by atomic mass is 19.3. The molecule has 1 saturated heterocycles. The largest absolute Gasteiger partial charge is 0.444 e. The number of nitrogens with zero attached hydrogens (tertiary/aromatic N) is 6. The van der Waals surface area contributed by atoms with Gasteiger partial charge in [0.2, 0.25) is 0 Å². The van der Waals surface area contributed by atoms with Gasteiger partial charge in [-0.3, -0.25) is 0 Å². The van der Waals surface area contributed by atoms with Crippen LogP contribution in [0.2, 0.25) is 0 Å². The monoisotopic (exact) mass is 482 g/mol. The molecule has 10 heteroatoms. The summed E-state index contributed by atoms with van der Waals surface area (Å²) < 4.78 is 35.5. The molecular weight excluding hydrogens is 454 g/mol. The van der Waals surface area contributed by atoms with E-state index in [9.17, 15) is 18.8 Å². The highest BCUT2D eigenvalue weighted by Crippen LogP contribution is 2.38. The van der Waals surface area contributed by atoms with Gasteiger partial charge in [0, 0.05) is 49.3 Å².